The second kappa shape index (κ2) is 4.37. The third-order valence-corrected chi connectivity index (χ3v) is 3.34. The number of carboxylic acids is 1. The molecule has 1 aromatic carbocycles. The van der Waals surface area contributed by atoms with Crippen molar-refractivity contribution in [3.63, 3.8) is 0 Å². The first kappa shape index (κ1) is 11.3. The second-order valence-corrected chi connectivity index (χ2v) is 4.72. The molecule has 16 heavy (non-hydrogen) atoms. The fraction of sp³-hybridized carbons (Fsp3) is 0.333. The van der Waals surface area contributed by atoms with Crippen molar-refractivity contribution in [1.82, 2.24) is 0 Å². The van der Waals surface area contributed by atoms with Crippen LogP contribution in [0.5, 0.6) is 0 Å². The first-order chi connectivity index (χ1) is 7.63. The highest BCUT2D eigenvalue weighted by Gasteiger charge is 2.22. The molecule has 0 unspecified atom stereocenters. The molecule has 1 heterocycles. The van der Waals surface area contributed by atoms with E-state index in [1.807, 2.05) is 25.1 Å². The fourth-order valence-corrected chi connectivity index (χ4v) is 2.39. The van der Waals surface area contributed by atoms with E-state index < -0.39 is 11.9 Å². The van der Waals surface area contributed by atoms with Crippen molar-refractivity contribution < 1.29 is 9.90 Å². The van der Waals surface area contributed by atoms with Crippen molar-refractivity contribution in [3.8, 4) is 0 Å². The predicted molar refractivity (Wildman–Crippen MR) is 64.6 cm³/mol. The molecule has 0 aromatic heterocycles. The molecule has 0 amide bonds. The van der Waals surface area contributed by atoms with Crippen molar-refractivity contribution in [2.75, 3.05) is 6.54 Å². The van der Waals surface area contributed by atoms with Gasteiger partial charge in [0.05, 0.1) is 17.8 Å². The Hall–Kier alpha value is -1.16. The molecule has 0 saturated carbocycles. The summed E-state index contributed by atoms with van der Waals surface area (Å²) in [4.78, 5) is 15.5. The lowest BCUT2D eigenvalue weighted by Gasteiger charge is -2.10. The zero-order chi connectivity index (χ0) is 11.7. The Kier molecular flexibility index (Phi) is 3.10. The quantitative estimate of drug-likeness (QED) is 0.909. The van der Waals surface area contributed by atoms with Gasteiger partial charge in [0.1, 0.15) is 0 Å². The van der Waals surface area contributed by atoms with Gasteiger partial charge in [0.25, 0.3) is 0 Å². The molecule has 2 rings (SSSR count). The van der Waals surface area contributed by atoms with Gasteiger partial charge in [-0.25, -0.2) is 0 Å². The lowest BCUT2D eigenvalue weighted by molar-refractivity contribution is -0.139. The third-order valence-electron chi connectivity index (χ3n) is 2.85. The standard InChI is InChI=1S/C12H12BrNO2/c1-2-8(12(15)16)10-6-14-11-4-3-7(13)5-9(10)11/h3-5,8H,2,6H2,1H3,(H,15,16)/t8-/m1/s1. The Morgan fingerprint density at radius 2 is 2.38 bits per heavy atom. The van der Waals surface area contributed by atoms with Crippen molar-refractivity contribution in [3.05, 3.63) is 33.2 Å². The van der Waals surface area contributed by atoms with Gasteiger partial charge < -0.3 is 5.11 Å². The Labute approximate surface area is 102 Å². The van der Waals surface area contributed by atoms with Crippen LogP contribution in [0.4, 0.5) is 0 Å². The van der Waals surface area contributed by atoms with Crippen LogP contribution in [0.2, 0.25) is 0 Å². The first-order valence-corrected chi connectivity index (χ1v) is 5.98. The number of rotatable bonds is 3. The van der Waals surface area contributed by atoms with Crippen molar-refractivity contribution >= 4 is 27.5 Å². The maximum atomic E-state index is 11.1. The van der Waals surface area contributed by atoms with E-state index in [0.717, 1.165) is 20.6 Å². The molecular weight excluding hydrogens is 270 g/mol. The molecule has 0 spiro atoms. The molecule has 0 saturated heterocycles. The average molecular weight is 282 g/mol. The zero-order valence-corrected chi connectivity index (χ0v) is 10.5. The third kappa shape index (κ3) is 1.89. The number of fused-ring (bicyclic) bond motifs is 1. The molecule has 1 N–H and O–H groups in total. The van der Waals surface area contributed by atoms with Gasteiger partial charge in [-0.1, -0.05) is 22.9 Å². The maximum Gasteiger partial charge on any atom is 0.310 e. The molecule has 1 aliphatic heterocycles. The van der Waals surface area contributed by atoms with Gasteiger partial charge in [0.15, 0.2) is 0 Å². The summed E-state index contributed by atoms with van der Waals surface area (Å²) in [7, 11) is 0. The fourth-order valence-electron chi connectivity index (χ4n) is 2.03. The molecule has 0 aliphatic carbocycles. The number of hydrogen-bond acceptors (Lipinski definition) is 2. The van der Waals surface area contributed by atoms with Crippen molar-refractivity contribution in [1.29, 1.82) is 0 Å². The summed E-state index contributed by atoms with van der Waals surface area (Å²) in [6.45, 7) is 2.40. The first-order valence-electron chi connectivity index (χ1n) is 5.19. The monoisotopic (exact) mass is 281 g/mol. The number of nitrogens with zero attached hydrogens (tertiary/aromatic N) is 1. The minimum absolute atomic E-state index is 0.417. The predicted octanol–water partition coefficient (Wildman–Crippen LogP) is 1.34. The molecule has 0 bridgehead atoms. The van der Waals surface area contributed by atoms with E-state index in [4.69, 9.17) is 5.11 Å². The number of carboxylic acid groups (broad SMARTS) is 1. The van der Waals surface area contributed by atoms with Crippen LogP contribution < -0.4 is 10.6 Å². The van der Waals surface area contributed by atoms with Gasteiger partial charge in [-0.3, -0.25) is 9.79 Å². The van der Waals surface area contributed by atoms with Crippen LogP contribution in [0.1, 0.15) is 13.3 Å². The van der Waals surface area contributed by atoms with E-state index in [9.17, 15) is 4.79 Å². The van der Waals surface area contributed by atoms with Crippen LogP contribution in [0.3, 0.4) is 0 Å². The molecule has 1 aromatic rings. The summed E-state index contributed by atoms with van der Waals surface area (Å²) in [5.74, 6) is -1.18. The number of carbonyl (C=O) groups is 1. The summed E-state index contributed by atoms with van der Waals surface area (Å²) in [6, 6.07) is 5.79. The number of hydrogen-bond donors (Lipinski definition) is 1. The van der Waals surface area contributed by atoms with Crippen LogP contribution in [0.25, 0.3) is 5.57 Å². The highest BCUT2D eigenvalue weighted by atomic mass is 79.9. The number of halogens is 1. The zero-order valence-electron chi connectivity index (χ0n) is 8.90. The summed E-state index contributed by atoms with van der Waals surface area (Å²) in [5, 5.41) is 11.0. The second-order valence-electron chi connectivity index (χ2n) is 3.80. The molecule has 3 nitrogen and oxygen atoms in total. The van der Waals surface area contributed by atoms with E-state index >= 15 is 0 Å². The van der Waals surface area contributed by atoms with Crippen LogP contribution in [0, 0.1) is 5.92 Å². The Bertz CT molecular complexity index is 551. The molecular formula is C12H12BrNO2. The lowest BCUT2D eigenvalue weighted by atomic mass is 9.95. The largest absolute Gasteiger partial charge is 0.481 e. The van der Waals surface area contributed by atoms with Gasteiger partial charge in [0, 0.05) is 9.69 Å². The number of benzene rings is 1. The summed E-state index contributed by atoms with van der Waals surface area (Å²) in [6.07, 6.45) is 0.603. The van der Waals surface area contributed by atoms with Gasteiger partial charge in [-0.2, -0.15) is 0 Å². The van der Waals surface area contributed by atoms with Crippen molar-refractivity contribution in [2.24, 2.45) is 10.9 Å². The molecule has 0 fully saturated rings. The Morgan fingerprint density at radius 1 is 1.62 bits per heavy atom. The Morgan fingerprint density at radius 3 is 3.00 bits per heavy atom. The molecule has 84 valence electrons. The van der Waals surface area contributed by atoms with Gasteiger partial charge >= 0.3 is 5.97 Å². The molecule has 4 heteroatoms. The van der Waals surface area contributed by atoms with Gasteiger partial charge in [0.2, 0.25) is 0 Å². The Balaban J connectivity index is 2.63. The van der Waals surface area contributed by atoms with Gasteiger partial charge in [-0.05, 0) is 30.2 Å². The molecule has 1 atom stereocenters. The highest BCUT2D eigenvalue weighted by Crippen LogP contribution is 2.17. The van der Waals surface area contributed by atoms with Crippen LogP contribution in [0.15, 0.2) is 27.7 Å². The maximum absolute atomic E-state index is 11.1. The van der Waals surface area contributed by atoms with E-state index in [0.29, 0.717) is 13.0 Å². The van der Waals surface area contributed by atoms with E-state index in [1.165, 1.54) is 0 Å². The average Bonchev–Trinajstić information content (AvgIpc) is 2.62. The summed E-state index contributed by atoms with van der Waals surface area (Å²) >= 11 is 3.40. The van der Waals surface area contributed by atoms with Crippen LogP contribution in [-0.4, -0.2) is 17.6 Å². The minimum Gasteiger partial charge on any atom is -0.481 e. The number of aliphatic carboxylic acids is 1. The normalized spacial score (nSPS) is 15.5. The van der Waals surface area contributed by atoms with Crippen molar-refractivity contribution in [2.45, 2.75) is 13.3 Å². The smallest absolute Gasteiger partial charge is 0.310 e. The minimum atomic E-state index is -0.763. The lowest BCUT2D eigenvalue weighted by Crippen LogP contribution is -2.27. The van der Waals surface area contributed by atoms with Gasteiger partial charge in [-0.15, -0.1) is 0 Å². The van der Waals surface area contributed by atoms with E-state index in [1.54, 1.807) is 0 Å². The highest BCUT2D eigenvalue weighted by molar-refractivity contribution is 9.10. The van der Waals surface area contributed by atoms with Crippen LogP contribution >= 0.6 is 15.9 Å². The van der Waals surface area contributed by atoms with E-state index in [-0.39, 0.29) is 0 Å². The molecule has 0 radical (unpaired) electrons. The topological polar surface area (TPSA) is 49.7 Å². The van der Waals surface area contributed by atoms with E-state index in [2.05, 4.69) is 20.9 Å². The molecule has 1 aliphatic rings. The SMILES string of the molecule is CC[C@@H](C(=O)O)C1=c2cc(Br)ccc2=NC1. The summed E-state index contributed by atoms with van der Waals surface area (Å²) in [5.41, 5.74) is 0.923. The summed E-state index contributed by atoms with van der Waals surface area (Å²) < 4.78 is 0.959. The van der Waals surface area contributed by atoms with Crippen LogP contribution in [-0.2, 0) is 4.79 Å².